The van der Waals surface area contributed by atoms with E-state index in [2.05, 4.69) is 6.92 Å². The molecular weight excluding hydrogens is 218 g/mol. The second-order valence-corrected chi connectivity index (χ2v) is 5.63. The normalized spacial score (nSPS) is 30.7. The summed E-state index contributed by atoms with van der Waals surface area (Å²) in [5.41, 5.74) is -1.08. The van der Waals surface area contributed by atoms with Crippen molar-refractivity contribution in [2.24, 2.45) is 11.3 Å². The van der Waals surface area contributed by atoms with Gasteiger partial charge in [-0.2, -0.15) is 0 Å². The topological polar surface area (TPSA) is 57.6 Å². The SMILES string of the molecule is CC1CCCCC1N(C)C(=O)C1(C(=O)O)CC1. The molecule has 0 aliphatic heterocycles. The Morgan fingerprint density at radius 3 is 2.29 bits per heavy atom. The molecule has 96 valence electrons. The van der Waals surface area contributed by atoms with Gasteiger partial charge >= 0.3 is 5.97 Å². The third kappa shape index (κ3) is 2.05. The molecule has 0 spiro atoms. The molecule has 2 fully saturated rings. The van der Waals surface area contributed by atoms with Crippen molar-refractivity contribution in [1.82, 2.24) is 4.90 Å². The fraction of sp³-hybridized carbons (Fsp3) is 0.846. The summed E-state index contributed by atoms with van der Waals surface area (Å²) in [5, 5.41) is 9.14. The van der Waals surface area contributed by atoms with Gasteiger partial charge in [0.2, 0.25) is 5.91 Å². The Hall–Kier alpha value is -1.06. The van der Waals surface area contributed by atoms with Gasteiger partial charge in [-0.1, -0.05) is 19.8 Å². The minimum atomic E-state index is -1.08. The van der Waals surface area contributed by atoms with Gasteiger partial charge in [0, 0.05) is 13.1 Å². The Bertz CT molecular complexity index is 336. The Labute approximate surface area is 102 Å². The lowest BCUT2D eigenvalue weighted by Crippen LogP contribution is -2.47. The molecule has 2 aliphatic rings. The average Bonchev–Trinajstić information content (AvgIpc) is 3.09. The molecule has 0 saturated heterocycles. The highest BCUT2D eigenvalue weighted by molar-refractivity contribution is 6.04. The number of carboxylic acid groups (broad SMARTS) is 1. The van der Waals surface area contributed by atoms with Crippen LogP contribution in [0.2, 0.25) is 0 Å². The highest BCUT2D eigenvalue weighted by atomic mass is 16.4. The number of carboxylic acids is 1. The van der Waals surface area contributed by atoms with Gasteiger partial charge in [0.25, 0.3) is 0 Å². The third-order valence-corrected chi connectivity index (χ3v) is 4.45. The largest absolute Gasteiger partial charge is 0.480 e. The van der Waals surface area contributed by atoms with Gasteiger partial charge in [-0.05, 0) is 31.6 Å². The first-order valence-electron chi connectivity index (χ1n) is 6.50. The second kappa shape index (κ2) is 4.31. The number of hydrogen-bond acceptors (Lipinski definition) is 2. The van der Waals surface area contributed by atoms with Gasteiger partial charge in [-0.15, -0.1) is 0 Å². The van der Waals surface area contributed by atoms with Crippen LogP contribution in [0.3, 0.4) is 0 Å². The molecule has 2 aliphatic carbocycles. The summed E-state index contributed by atoms with van der Waals surface area (Å²) in [6.07, 6.45) is 5.54. The number of nitrogens with zero attached hydrogens (tertiary/aromatic N) is 1. The lowest BCUT2D eigenvalue weighted by atomic mass is 9.84. The van der Waals surface area contributed by atoms with Crippen molar-refractivity contribution in [2.75, 3.05) is 7.05 Å². The van der Waals surface area contributed by atoms with Crippen molar-refractivity contribution in [3.8, 4) is 0 Å². The Balaban J connectivity index is 2.07. The number of amides is 1. The van der Waals surface area contributed by atoms with Crippen LogP contribution in [0.4, 0.5) is 0 Å². The van der Waals surface area contributed by atoms with Crippen molar-refractivity contribution >= 4 is 11.9 Å². The lowest BCUT2D eigenvalue weighted by molar-refractivity contribution is -0.154. The quantitative estimate of drug-likeness (QED) is 0.765. The Morgan fingerprint density at radius 2 is 1.82 bits per heavy atom. The van der Waals surface area contributed by atoms with Gasteiger partial charge in [0.15, 0.2) is 0 Å². The maximum absolute atomic E-state index is 12.3. The molecule has 1 amide bonds. The van der Waals surface area contributed by atoms with Crippen molar-refractivity contribution in [3.63, 3.8) is 0 Å². The number of aliphatic carboxylic acids is 1. The summed E-state index contributed by atoms with van der Waals surface area (Å²) >= 11 is 0. The van der Waals surface area contributed by atoms with Crippen LogP contribution in [-0.2, 0) is 9.59 Å². The van der Waals surface area contributed by atoms with Crippen LogP contribution < -0.4 is 0 Å². The van der Waals surface area contributed by atoms with Crippen LogP contribution in [-0.4, -0.2) is 35.0 Å². The molecule has 2 unspecified atom stereocenters. The van der Waals surface area contributed by atoms with Crippen LogP contribution in [0.15, 0.2) is 0 Å². The van der Waals surface area contributed by atoms with Crippen molar-refractivity contribution in [2.45, 2.75) is 51.5 Å². The summed E-state index contributed by atoms with van der Waals surface area (Å²) in [6.45, 7) is 2.16. The van der Waals surface area contributed by atoms with E-state index in [9.17, 15) is 9.59 Å². The molecule has 4 nitrogen and oxygen atoms in total. The zero-order valence-electron chi connectivity index (χ0n) is 10.6. The first-order valence-corrected chi connectivity index (χ1v) is 6.50. The maximum Gasteiger partial charge on any atom is 0.319 e. The van der Waals surface area contributed by atoms with Gasteiger partial charge in [0.1, 0.15) is 5.41 Å². The fourth-order valence-corrected chi connectivity index (χ4v) is 3.00. The summed E-state index contributed by atoms with van der Waals surface area (Å²) in [5.74, 6) is -0.635. The van der Waals surface area contributed by atoms with Crippen molar-refractivity contribution < 1.29 is 14.7 Å². The molecule has 2 saturated carbocycles. The number of rotatable bonds is 3. The monoisotopic (exact) mass is 239 g/mol. The molecule has 0 radical (unpaired) electrons. The standard InChI is InChI=1S/C13H21NO3/c1-9-5-3-4-6-10(9)14(2)11(15)13(7-8-13)12(16)17/h9-10H,3-8H2,1-2H3,(H,16,17). The molecule has 0 aromatic rings. The van der Waals surface area contributed by atoms with Crippen LogP contribution in [0.25, 0.3) is 0 Å². The number of hydrogen-bond donors (Lipinski definition) is 1. The highest BCUT2D eigenvalue weighted by Gasteiger charge is 2.58. The van der Waals surface area contributed by atoms with Gasteiger partial charge in [0.05, 0.1) is 0 Å². The molecule has 17 heavy (non-hydrogen) atoms. The van der Waals surface area contributed by atoms with Gasteiger partial charge in [-0.25, -0.2) is 0 Å². The Morgan fingerprint density at radius 1 is 1.24 bits per heavy atom. The molecule has 4 heteroatoms. The molecular formula is C13H21NO3. The Kier molecular flexibility index (Phi) is 3.15. The second-order valence-electron chi connectivity index (χ2n) is 5.63. The van der Waals surface area contributed by atoms with Crippen LogP contribution in [0.5, 0.6) is 0 Å². The van der Waals surface area contributed by atoms with E-state index in [1.165, 1.54) is 6.42 Å². The summed E-state index contributed by atoms with van der Waals surface area (Å²) < 4.78 is 0. The number of carbonyl (C=O) groups excluding carboxylic acids is 1. The van der Waals surface area contributed by atoms with E-state index in [0.29, 0.717) is 18.8 Å². The van der Waals surface area contributed by atoms with E-state index >= 15 is 0 Å². The lowest BCUT2D eigenvalue weighted by Gasteiger charge is -2.37. The summed E-state index contributed by atoms with van der Waals surface area (Å²) in [4.78, 5) is 25.1. The van der Waals surface area contributed by atoms with E-state index in [-0.39, 0.29) is 11.9 Å². The average molecular weight is 239 g/mol. The minimum absolute atomic E-state index is 0.177. The van der Waals surface area contributed by atoms with Crippen LogP contribution in [0.1, 0.15) is 45.4 Å². The molecule has 2 atom stereocenters. The smallest absolute Gasteiger partial charge is 0.319 e. The predicted octanol–water partition coefficient (Wildman–Crippen LogP) is 1.89. The van der Waals surface area contributed by atoms with E-state index in [1.54, 1.807) is 11.9 Å². The molecule has 0 heterocycles. The zero-order chi connectivity index (χ0) is 12.6. The predicted molar refractivity (Wildman–Crippen MR) is 63.5 cm³/mol. The van der Waals surface area contributed by atoms with E-state index < -0.39 is 11.4 Å². The van der Waals surface area contributed by atoms with Crippen LogP contribution in [0, 0.1) is 11.3 Å². The summed E-state index contributed by atoms with van der Waals surface area (Å²) in [7, 11) is 1.78. The van der Waals surface area contributed by atoms with E-state index in [0.717, 1.165) is 19.3 Å². The van der Waals surface area contributed by atoms with Gasteiger partial charge < -0.3 is 10.0 Å². The first-order chi connectivity index (χ1) is 7.99. The number of carbonyl (C=O) groups is 2. The summed E-state index contributed by atoms with van der Waals surface area (Å²) in [6, 6.07) is 0.230. The molecule has 1 N–H and O–H groups in total. The van der Waals surface area contributed by atoms with Crippen molar-refractivity contribution in [3.05, 3.63) is 0 Å². The van der Waals surface area contributed by atoms with Gasteiger partial charge in [-0.3, -0.25) is 9.59 Å². The molecule has 0 bridgehead atoms. The molecule has 0 aromatic carbocycles. The molecule has 0 aromatic heterocycles. The first kappa shape index (κ1) is 12.4. The fourth-order valence-electron chi connectivity index (χ4n) is 3.00. The van der Waals surface area contributed by atoms with Crippen molar-refractivity contribution in [1.29, 1.82) is 0 Å². The van der Waals surface area contributed by atoms with Crippen LogP contribution >= 0.6 is 0 Å². The van der Waals surface area contributed by atoms with E-state index in [4.69, 9.17) is 5.11 Å². The third-order valence-electron chi connectivity index (χ3n) is 4.45. The minimum Gasteiger partial charge on any atom is -0.480 e. The highest BCUT2D eigenvalue weighted by Crippen LogP contribution is 2.48. The molecule has 2 rings (SSSR count). The maximum atomic E-state index is 12.3. The zero-order valence-corrected chi connectivity index (χ0v) is 10.6. The van der Waals surface area contributed by atoms with E-state index in [1.807, 2.05) is 0 Å².